The van der Waals surface area contributed by atoms with E-state index in [1.807, 2.05) is 32.0 Å². The highest BCUT2D eigenvalue weighted by atomic mass is 35.5. The van der Waals surface area contributed by atoms with Crippen molar-refractivity contribution >= 4 is 23.3 Å². The summed E-state index contributed by atoms with van der Waals surface area (Å²) in [6.45, 7) is 3.89. The minimum atomic E-state index is -0.233. The number of hydrogen-bond donors (Lipinski definition) is 1. The molecule has 1 aromatic rings. The number of esters is 1. The molecule has 1 atom stereocenters. The number of carbonyl (C=O) groups excluding carboxylic acids is 1. The van der Waals surface area contributed by atoms with Crippen LogP contribution in [0.4, 0.5) is 5.69 Å². The van der Waals surface area contributed by atoms with Crippen LogP contribution in [0, 0.1) is 6.92 Å². The van der Waals surface area contributed by atoms with Crippen LogP contribution < -0.4 is 5.32 Å². The summed E-state index contributed by atoms with van der Waals surface area (Å²) in [5.74, 6) is -0.233. The largest absolute Gasteiger partial charge is 0.469 e. The summed E-state index contributed by atoms with van der Waals surface area (Å²) in [7, 11) is 1.38. The molecule has 1 rings (SSSR count). The first kappa shape index (κ1) is 12.8. The quantitative estimate of drug-likeness (QED) is 0.824. The topological polar surface area (TPSA) is 38.3 Å². The lowest BCUT2D eigenvalue weighted by Crippen LogP contribution is -2.20. The third-order valence-corrected chi connectivity index (χ3v) is 2.54. The highest BCUT2D eigenvalue weighted by molar-refractivity contribution is 6.33. The van der Waals surface area contributed by atoms with Gasteiger partial charge in [0, 0.05) is 6.04 Å². The van der Waals surface area contributed by atoms with Crippen molar-refractivity contribution in [2.24, 2.45) is 0 Å². The minimum Gasteiger partial charge on any atom is -0.469 e. The number of anilines is 1. The molecule has 0 aromatic heterocycles. The first-order valence-corrected chi connectivity index (χ1v) is 5.50. The molecule has 4 heteroatoms. The van der Waals surface area contributed by atoms with Gasteiger partial charge in [-0.05, 0) is 31.5 Å². The van der Waals surface area contributed by atoms with E-state index in [1.54, 1.807) is 0 Å². The second-order valence-electron chi connectivity index (χ2n) is 3.81. The molecule has 0 bridgehead atoms. The molecule has 0 amide bonds. The summed E-state index contributed by atoms with van der Waals surface area (Å²) in [5, 5.41) is 3.83. The molecular formula is C12H16ClNO2. The van der Waals surface area contributed by atoms with E-state index in [-0.39, 0.29) is 12.0 Å². The Hall–Kier alpha value is -1.22. The van der Waals surface area contributed by atoms with Gasteiger partial charge in [0.2, 0.25) is 0 Å². The lowest BCUT2D eigenvalue weighted by Gasteiger charge is -2.15. The highest BCUT2D eigenvalue weighted by Crippen LogP contribution is 2.23. The summed E-state index contributed by atoms with van der Waals surface area (Å²) >= 11 is 6.07. The fourth-order valence-corrected chi connectivity index (χ4v) is 1.68. The van der Waals surface area contributed by atoms with Gasteiger partial charge in [0.05, 0.1) is 24.2 Å². The number of nitrogens with one attached hydrogen (secondary N) is 1. The van der Waals surface area contributed by atoms with Crippen LogP contribution in [0.3, 0.4) is 0 Å². The van der Waals surface area contributed by atoms with Gasteiger partial charge in [-0.3, -0.25) is 4.79 Å². The molecule has 0 saturated carbocycles. The average Bonchev–Trinajstić information content (AvgIpc) is 2.22. The second-order valence-corrected chi connectivity index (χ2v) is 4.22. The lowest BCUT2D eigenvalue weighted by molar-refractivity contribution is -0.140. The van der Waals surface area contributed by atoms with Crippen LogP contribution in [-0.2, 0) is 9.53 Å². The van der Waals surface area contributed by atoms with E-state index in [0.717, 1.165) is 11.3 Å². The Kier molecular flexibility index (Phi) is 4.62. The van der Waals surface area contributed by atoms with Crippen molar-refractivity contribution in [3.05, 3.63) is 28.8 Å². The van der Waals surface area contributed by atoms with Crippen molar-refractivity contribution in [2.45, 2.75) is 26.3 Å². The van der Waals surface area contributed by atoms with Crippen molar-refractivity contribution in [1.29, 1.82) is 0 Å². The van der Waals surface area contributed by atoms with Crippen molar-refractivity contribution in [3.8, 4) is 0 Å². The van der Waals surface area contributed by atoms with Gasteiger partial charge >= 0.3 is 5.97 Å². The molecule has 0 fully saturated rings. The van der Waals surface area contributed by atoms with Gasteiger partial charge in [0.15, 0.2) is 0 Å². The summed E-state index contributed by atoms with van der Waals surface area (Å²) in [6.07, 6.45) is 0.320. The molecule has 0 aliphatic rings. The van der Waals surface area contributed by atoms with Gasteiger partial charge in [0.1, 0.15) is 0 Å². The van der Waals surface area contributed by atoms with E-state index in [1.165, 1.54) is 7.11 Å². The smallest absolute Gasteiger partial charge is 0.307 e. The van der Waals surface area contributed by atoms with Crippen LogP contribution in [0.1, 0.15) is 18.9 Å². The van der Waals surface area contributed by atoms with Crippen molar-refractivity contribution in [1.82, 2.24) is 0 Å². The van der Waals surface area contributed by atoms with E-state index in [0.29, 0.717) is 11.4 Å². The van der Waals surface area contributed by atoms with Crippen LogP contribution in [0.15, 0.2) is 18.2 Å². The van der Waals surface area contributed by atoms with Gasteiger partial charge in [-0.15, -0.1) is 0 Å². The van der Waals surface area contributed by atoms with Gasteiger partial charge < -0.3 is 10.1 Å². The summed E-state index contributed by atoms with van der Waals surface area (Å²) in [5.41, 5.74) is 1.94. The Labute approximate surface area is 101 Å². The third kappa shape index (κ3) is 3.74. The zero-order chi connectivity index (χ0) is 12.1. The molecular weight excluding hydrogens is 226 g/mol. The van der Waals surface area contributed by atoms with E-state index in [4.69, 9.17) is 11.6 Å². The van der Waals surface area contributed by atoms with Gasteiger partial charge in [0.25, 0.3) is 0 Å². The molecule has 1 N–H and O–H groups in total. The summed E-state index contributed by atoms with van der Waals surface area (Å²) < 4.78 is 4.60. The Balaban J connectivity index is 2.62. The van der Waals surface area contributed by atoms with E-state index >= 15 is 0 Å². The van der Waals surface area contributed by atoms with Crippen molar-refractivity contribution in [2.75, 3.05) is 12.4 Å². The van der Waals surface area contributed by atoms with E-state index in [2.05, 4.69) is 10.1 Å². The first-order chi connectivity index (χ1) is 7.52. The highest BCUT2D eigenvalue weighted by Gasteiger charge is 2.10. The van der Waals surface area contributed by atoms with E-state index in [9.17, 15) is 4.79 Å². The van der Waals surface area contributed by atoms with Gasteiger partial charge in [-0.2, -0.15) is 0 Å². The molecule has 1 aromatic carbocycles. The maximum atomic E-state index is 11.1. The predicted molar refractivity (Wildman–Crippen MR) is 65.9 cm³/mol. The molecule has 0 spiro atoms. The molecule has 3 nitrogen and oxygen atoms in total. The van der Waals surface area contributed by atoms with Crippen LogP contribution in [0.2, 0.25) is 5.02 Å². The Morgan fingerprint density at radius 2 is 2.25 bits per heavy atom. The number of rotatable bonds is 4. The van der Waals surface area contributed by atoms with Crippen LogP contribution in [0.5, 0.6) is 0 Å². The average molecular weight is 242 g/mol. The zero-order valence-corrected chi connectivity index (χ0v) is 10.5. The molecule has 1 unspecified atom stereocenters. The number of hydrogen-bond acceptors (Lipinski definition) is 3. The third-order valence-electron chi connectivity index (χ3n) is 2.23. The maximum absolute atomic E-state index is 11.1. The number of halogens is 1. The molecule has 0 aliphatic heterocycles. The molecule has 88 valence electrons. The number of benzene rings is 1. The molecule has 0 aliphatic carbocycles. The second kappa shape index (κ2) is 5.75. The van der Waals surface area contributed by atoms with Gasteiger partial charge in [-0.1, -0.05) is 17.7 Å². The Morgan fingerprint density at radius 1 is 1.56 bits per heavy atom. The summed E-state index contributed by atoms with van der Waals surface area (Å²) in [4.78, 5) is 11.1. The zero-order valence-electron chi connectivity index (χ0n) is 9.71. The van der Waals surface area contributed by atoms with Crippen LogP contribution in [0.25, 0.3) is 0 Å². The maximum Gasteiger partial charge on any atom is 0.307 e. The fourth-order valence-electron chi connectivity index (χ4n) is 1.39. The van der Waals surface area contributed by atoms with Crippen LogP contribution in [-0.4, -0.2) is 19.1 Å². The predicted octanol–water partition coefficient (Wildman–Crippen LogP) is 3.01. The number of methoxy groups -OCH3 is 1. The molecule has 0 radical (unpaired) electrons. The van der Waals surface area contributed by atoms with Crippen molar-refractivity contribution in [3.63, 3.8) is 0 Å². The number of ether oxygens (including phenoxy) is 1. The van der Waals surface area contributed by atoms with Gasteiger partial charge in [-0.25, -0.2) is 0 Å². The molecule has 0 saturated heterocycles. The Morgan fingerprint density at radius 3 is 2.81 bits per heavy atom. The lowest BCUT2D eigenvalue weighted by atomic mass is 10.2. The first-order valence-electron chi connectivity index (χ1n) is 5.12. The van der Waals surface area contributed by atoms with Crippen molar-refractivity contribution < 1.29 is 9.53 Å². The fraction of sp³-hybridized carbons (Fsp3) is 0.417. The SMILES string of the molecule is COC(=O)CC(C)Nc1ccc(C)cc1Cl. The number of carbonyl (C=O) groups is 1. The summed E-state index contributed by atoms with van der Waals surface area (Å²) in [6, 6.07) is 5.76. The van der Waals surface area contributed by atoms with E-state index < -0.39 is 0 Å². The minimum absolute atomic E-state index is 0.00680. The van der Waals surface area contributed by atoms with Crippen LogP contribution >= 0.6 is 11.6 Å². The number of aryl methyl sites for hydroxylation is 1. The standard InChI is InChI=1S/C12H16ClNO2/c1-8-4-5-11(10(13)6-8)14-9(2)7-12(15)16-3/h4-6,9,14H,7H2,1-3H3. The normalized spacial score (nSPS) is 12.0. The monoisotopic (exact) mass is 241 g/mol. The molecule has 16 heavy (non-hydrogen) atoms. The Bertz CT molecular complexity index is 379. The molecule has 0 heterocycles.